The van der Waals surface area contributed by atoms with Crippen LogP contribution in [0.5, 0.6) is 0 Å². The molecule has 0 bridgehead atoms. The van der Waals surface area contributed by atoms with E-state index in [0.29, 0.717) is 26.1 Å². The predicted molar refractivity (Wildman–Crippen MR) is 58.0 cm³/mol. The monoisotopic (exact) mass is 216 g/mol. The fourth-order valence-electron chi connectivity index (χ4n) is 0.913. The van der Waals surface area contributed by atoms with Crippen LogP contribution in [0.4, 0.5) is 0 Å². The maximum absolute atomic E-state index is 11.1. The van der Waals surface area contributed by atoms with Crippen LogP contribution in [-0.2, 0) is 9.59 Å². The van der Waals surface area contributed by atoms with Crippen LogP contribution in [0.15, 0.2) is 0 Å². The molecule has 6 nitrogen and oxygen atoms in total. The Bertz CT molecular complexity index is 208. The van der Waals surface area contributed by atoms with Crippen molar-refractivity contribution in [2.45, 2.75) is 25.8 Å². The zero-order valence-electron chi connectivity index (χ0n) is 9.08. The average molecular weight is 216 g/mol. The third kappa shape index (κ3) is 7.90. The fraction of sp³-hybridized carbons (Fsp3) is 0.778. The number of hydrogen-bond donors (Lipinski definition) is 4. The maximum Gasteiger partial charge on any atom is 0.235 e. The van der Waals surface area contributed by atoms with Crippen LogP contribution in [0.3, 0.4) is 0 Å². The van der Waals surface area contributed by atoms with Gasteiger partial charge in [0.2, 0.25) is 11.8 Å². The molecule has 0 rings (SSSR count). The molecule has 88 valence electrons. The van der Waals surface area contributed by atoms with E-state index in [9.17, 15) is 9.59 Å². The van der Waals surface area contributed by atoms with Crippen molar-refractivity contribution >= 4 is 11.8 Å². The Labute approximate surface area is 89.8 Å². The molecule has 0 fully saturated rings. The minimum Gasteiger partial charge on any atom is -0.368 e. The van der Waals surface area contributed by atoms with Crippen LogP contribution in [0, 0.1) is 0 Å². The first-order valence-electron chi connectivity index (χ1n) is 5.10. The highest BCUT2D eigenvalue weighted by atomic mass is 16.2. The molecule has 15 heavy (non-hydrogen) atoms. The van der Waals surface area contributed by atoms with E-state index >= 15 is 0 Å². The Morgan fingerprint density at radius 1 is 1.33 bits per heavy atom. The summed E-state index contributed by atoms with van der Waals surface area (Å²) in [4.78, 5) is 21.7. The van der Waals surface area contributed by atoms with Crippen LogP contribution in [0.2, 0.25) is 0 Å². The quantitative estimate of drug-likeness (QED) is 0.363. The number of nitrogens with two attached hydrogens (primary N) is 2. The summed E-state index contributed by atoms with van der Waals surface area (Å²) in [5, 5.41) is 5.63. The fourth-order valence-corrected chi connectivity index (χ4v) is 0.913. The standard InChI is InChI=1S/C9H20N4O2/c1-2-4-13-8(14)3-5-12-6-7(10)9(11)15/h7,12H,2-6,10H2,1H3,(H2,11,15)(H,13,14). The van der Waals surface area contributed by atoms with Gasteiger partial charge in [0.25, 0.3) is 0 Å². The number of nitrogens with one attached hydrogen (secondary N) is 2. The minimum absolute atomic E-state index is 0.00278. The summed E-state index contributed by atoms with van der Waals surface area (Å²) in [5.74, 6) is -0.546. The third-order valence-corrected chi connectivity index (χ3v) is 1.83. The molecule has 0 radical (unpaired) electrons. The zero-order chi connectivity index (χ0) is 11.7. The van der Waals surface area contributed by atoms with E-state index in [-0.39, 0.29) is 5.91 Å². The second kappa shape index (κ2) is 8.19. The summed E-state index contributed by atoms with van der Waals surface area (Å²) < 4.78 is 0. The highest BCUT2D eigenvalue weighted by Gasteiger charge is 2.07. The first kappa shape index (κ1) is 13.9. The zero-order valence-corrected chi connectivity index (χ0v) is 9.08. The topological polar surface area (TPSA) is 110 Å². The summed E-state index contributed by atoms with van der Waals surface area (Å²) in [7, 11) is 0. The van der Waals surface area contributed by atoms with E-state index in [1.807, 2.05) is 6.92 Å². The van der Waals surface area contributed by atoms with Gasteiger partial charge in [-0.25, -0.2) is 0 Å². The lowest BCUT2D eigenvalue weighted by atomic mass is 10.3. The van der Waals surface area contributed by atoms with Gasteiger partial charge >= 0.3 is 0 Å². The molecule has 0 aliphatic carbocycles. The van der Waals surface area contributed by atoms with Gasteiger partial charge in [-0.1, -0.05) is 6.92 Å². The van der Waals surface area contributed by atoms with Crippen molar-refractivity contribution < 1.29 is 9.59 Å². The lowest BCUT2D eigenvalue weighted by Gasteiger charge is -2.08. The largest absolute Gasteiger partial charge is 0.368 e. The highest BCUT2D eigenvalue weighted by Crippen LogP contribution is 1.80. The van der Waals surface area contributed by atoms with E-state index in [4.69, 9.17) is 11.5 Å². The molecule has 6 N–H and O–H groups in total. The molecule has 0 saturated heterocycles. The molecular formula is C9H20N4O2. The van der Waals surface area contributed by atoms with E-state index in [1.54, 1.807) is 0 Å². The van der Waals surface area contributed by atoms with Crippen molar-refractivity contribution in [3.8, 4) is 0 Å². The second-order valence-electron chi connectivity index (χ2n) is 3.31. The number of primary amides is 1. The molecule has 2 amide bonds. The minimum atomic E-state index is -0.691. The molecule has 0 spiro atoms. The van der Waals surface area contributed by atoms with Gasteiger partial charge < -0.3 is 22.1 Å². The molecule has 0 aromatic carbocycles. The summed E-state index contributed by atoms with van der Waals surface area (Å²) in [6.45, 7) is 3.48. The SMILES string of the molecule is CCCNC(=O)CCNCC(N)C(N)=O. The Kier molecular flexibility index (Phi) is 7.57. The number of amides is 2. The highest BCUT2D eigenvalue weighted by molar-refractivity contribution is 5.79. The molecule has 0 heterocycles. The maximum atomic E-state index is 11.1. The Morgan fingerprint density at radius 2 is 2.00 bits per heavy atom. The van der Waals surface area contributed by atoms with Crippen LogP contribution in [0.25, 0.3) is 0 Å². The molecule has 6 heteroatoms. The smallest absolute Gasteiger partial charge is 0.235 e. The van der Waals surface area contributed by atoms with Crippen LogP contribution >= 0.6 is 0 Å². The van der Waals surface area contributed by atoms with Gasteiger partial charge in [0.15, 0.2) is 0 Å². The molecule has 0 aromatic rings. The summed E-state index contributed by atoms with van der Waals surface area (Å²) in [6, 6.07) is -0.691. The van der Waals surface area contributed by atoms with Crippen LogP contribution in [0.1, 0.15) is 19.8 Å². The van der Waals surface area contributed by atoms with Gasteiger partial charge in [0.05, 0.1) is 6.04 Å². The summed E-state index contributed by atoms with van der Waals surface area (Å²) >= 11 is 0. The van der Waals surface area contributed by atoms with Crippen molar-refractivity contribution in [2.24, 2.45) is 11.5 Å². The van der Waals surface area contributed by atoms with Gasteiger partial charge in [-0.05, 0) is 6.42 Å². The second-order valence-corrected chi connectivity index (χ2v) is 3.31. The van der Waals surface area contributed by atoms with Crippen molar-refractivity contribution in [3.63, 3.8) is 0 Å². The van der Waals surface area contributed by atoms with Crippen molar-refractivity contribution in [1.29, 1.82) is 0 Å². The van der Waals surface area contributed by atoms with E-state index in [1.165, 1.54) is 0 Å². The van der Waals surface area contributed by atoms with Crippen molar-refractivity contribution in [2.75, 3.05) is 19.6 Å². The molecule has 0 aliphatic rings. The number of rotatable bonds is 8. The summed E-state index contributed by atoms with van der Waals surface area (Å²) in [5.41, 5.74) is 10.3. The Hall–Kier alpha value is -1.14. The van der Waals surface area contributed by atoms with Crippen LogP contribution < -0.4 is 22.1 Å². The molecule has 1 atom stereocenters. The lowest BCUT2D eigenvalue weighted by Crippen LogP contribution is -2.44. The first-order chi connectivity index (χ1) is 7.07. The molecule has 1 unspecified atom stereocenters. The van der Waals surface area contributed by atoms with Crippen LogP contribution in [-0.4, -0.2) is 37.5 Å². The predicted octanol–water partition coefficient (Wildman–Crippen LogP) is -1.70. The van der Waals surface area contributed by atoms with E-state index in [0.717, 1.165) is 6.42 Å². The first-order valence-corrected chi connectivity index (χ1v) is 5.10. The molecule has 0 aromatic heterocycles. The van der Waals surface area contributed by atoms with Gasteiger partial charge in [0, 0.05) is 26.1 Å². The van der Waals surface area contributed by atoms with Gasteiger partial charge in [0.1, 0.15) is 0 Å². The van der Waals surface area contributed by atoms with E-state index in [2.05, 4.69) is 10.6 Å². The molecule has 0 aliphatic heterocycles. The van der Waals surface area contributed by atoms with Gasteiger partial charge in [-0.2, -0.15) is 0 Å². The molecular weight excluding hydrogens is 196 g/mol. The normalized spacial score (nSPS) is 12.1. The van der Waals surface area contributed by atoms with Gasteiger partial charge in [-0.3, -0.25) is 9.59 Å². The number of carbonyl (C=O) groups excluding carboxylic acids is 2. The Balaban J connectivity index is 3.38. The number of hydrogen-bond acceptors (Lipinski definition) is 4. The molecule has 0 saturated carbocycles. The van der Waals surface area contributed by atoms with Gasteiger partial charge in [-0.15, -0.1) is 0 Å². The lowest BCUT2D eigenvalue weighted by molar-refractivity contribution is -0.121. The Morgan fingerprint density at radius 3 is 2.53 bits per heavy atom. The summed E-state index contributed by atoms with van der Waals surface area (Å²) in [6.07, 6.45) is 1.30. The van der Waals surface area contributed by atoms with E-state index < -0.39 is 11.9 Å². The third-order valence-electron chi connectivity index (χ3n) is 1.83. The van der Waals surface area contributed by atoms with Crippen molar-refractivity contribution in [3.05, 3.63) is 0 Å². The number of carbonyl (C=O) groups is 2. The average Bonchev–Trinajstić information content (AvgIpc) is 2.20. The van der Waals surface area contributed by atoms with Crippen molar-refractivity contribution in [1.82, 2.24) is 10.6 Å².